The molecule has 5 heteroatoms. The zero-order chi connectivity index (χ0) is 16.9. The Labute approximate surface area is 140 Å². The molecule has 0 spiro atoms. The molecule has 1 aromatic carbocycles. The van der Waals surface area contributed by atoms with E-state index in [0.29, 0.717) is 6.61 Å². The summed E-state index contributed by atoms with van der Waals surface area (Å²) in [6.45, 7) is 6.78. The van der Waals surface area contributed by atoms with Crippen LogP contribution in [0.1, 0.15) is 24.8 Å². The smallest absolute Gasteiger partial charge is 0.410 e. The maximum absolute atomic E-state index is 12.4. The molecule has 0 saturated heterocycles. The zero-order valence-corrected chi connectivity index (χ0v) is 15.5. The van der Waals surface area contributed by atoms with Gasteiger partial charge in [0.2, 0.25) is 8.32 Å². The summed E-state index contributed by atoms with van der Waals surface area (Å²) in [7, 11) is 0.111. The fourth-order valence-corrected chi connectivity index (χ4v) is 3.56. The molecule has 0 radical (unpaired) electrons. The second kappa shape index (κ2) is 7.68. The first-order chi connectivity index (χ1) is 10.9. The summed E-state index contributed by atoms with van der Waals surface area (Å²) >= 11 is 0. The molecule has 1 amide bonds. The van der Waals surface area contributed by atoms with Gasteiger partial charge < -0.3 is 14.1 Å². The number of benzene rings is 1. The van der Waals surface area contributed by atoms with E-state index in [2.05, 4.69) is 25.7 Å². The van der Waals surface area contributed by atoms with Crippen LogP contribution in [-0.4, -0.2) is 32.4 Å². The molecule has 0 fully saturated rings. The van der Waals surface area contributed by atoms with Crippen LogP contribution < -0.4 is 0 Å². The van der Waals surface area contributed by atoms with Crippen molar-refractivity contribution >= 4 is 14.4 Å². The lowest BCUT2D eigenvalue weighted by molar-refractivity contribution is 0.0863. The van der Waals surface area contributed by atoms with Crippen molar-refractivity contribution in [3.05, 3.63) is 47.7 Å². The van der Waals surface area contributed by atoms with Gasteiger partial charge in [-0.05, 0) is 50.5 Å². The largest absolute Gasteiger partial charge is 0.546 e. The second-order valence-electron chi connectivity index (χ2n) is 6.92. The number of ether oxygens (including phenoxy) is 1. The van der Waals surface area contributed by atoms with Gasteiger partial charge in [0.1, 0.15) is 6.61 Å². The molecule has 4 nitrogen and oxygen atoms in total. The van der Waals surface area contributed by atoms with Crippen LogP contribution in [0.4, 0.5) is 4.79 Å². The minimum Gasteiger partial charge on any atom is -0.546 e. The van der Waals surface area contributed by atoms with Crippen LogP contribution in [-0.2, 0) is 15.8 Å². The number of nitrogens with zero attached hydrogens (tertiary/aromatic N) is 1. The number of allylic oxidation sites excluding steroid dienone is 1. The minimum absolute atomic E-state index is 0.0150. The van der Waals surface area contributed by atoms with E-state index < -0.39 is 8.32 Å². The molecule has 2 rings (SSSR count). The molecule has 1 atom stereocenters. The Morgan fingerprint density at radius 3 is 2.61 bits per heavy atom. The summed E-state index contributed by atoms with van der Waals surface area (Å²) in [5.74, 6) is 0.939. The first-order valence-corrected chi connectivity index (χ1v) is 11.6. The number of hydrogen-bond acceptors (Lipinski definition) is 3. The molecule has 0 aromatic heterocycles. The summed E-state index contributed by atoms with van der Waals surface area (Å²) in [6, 6.07) is 9.72. The number of carbonyl (C=O) groups excluding carboxylic acids is 1. The molecule has 0 bridgehead atoms. The molecule has 0 aliphatic heterocycles. The Morgan fingerprint density at radius 2 is 1.96 bits per heavy atom. The van der Waals surface area contributed by atoms with Crippen LogP contribution in [0.2, 0.25) is 19.6 Å². The lowest BCUT2D eigenvalue weighted by Gasteiger charge is -2.35. The van der Waals surface area contributed by atoms with E-state index in [9.17, 15) is 4.79 Å². The number of amides is 1. The molecule has 1 unspecified atom stereocenters. The summed E-state index contributed by atoms with van der Waals surface area (Å²) in [4.78, 5) is 14.0. The number of hydrogen-bond donors (Lipinski definition) is 0. The van der Waals surface area contributed by atoms with Crippen molar-refractivity contribution in [3.8, 4) is 0 Å². The lowest BCUT2D eigenvalue weighted by atomic mass is 10.00. The summed E-state index contributed by atoms with van der Waals surface area (Å²) in [5.41, 5.74) is 0.993. The van der Waals surface area contributed by atoms with Crippen LogP contribution in [0.15, 0.2) is 42.2 Å². The highest BCUT2D eigenvalue weighted by molar-refractivity contribution is 6.70. The monoisotopic (exact) mass is 333 g/mol. The highest BCUT2D eigenvalue weighted by atomic mass is 28.4. The molecule has 1 aliphatic carbocycles. The maximum Gasteiger partial charge on any atom is 0.410 e. The molecule has 23 heavy (non-hydrogen) atoms. The Kier molecular flexibility index (Phi) is 5.88. The quantitative estimate of drug-likeness (QED) is 0.742. The molecular weight excluding hydrogens is 306 g/mol. The van der Waals surface area contributed by atoms with E-state index >= 15 is 0 Å². The van der Waals surface area contributed by atoms with Crippen LogP contribution in [0.5, 0.6) is 0 Å². The molecule has 126 valence electrons. The van der Waals surface area contributed by atoms with Gasteiger partial charge in [-0.25, -0.2) is 4.79 Å². The highest BCUT2D eigenvalue weighted by Crippen LogP contribution is 2.27. The van der Waals surface area contributed by atoms with Gasteiger partial charge in [0.25, 0.3) is 0 Å². The summed E-state index contributed by atoms with van der Waals surface area (Å²) in [6.07, 6.45) is 4.84. The van der Waals surface area contributed by atoms with Crippen molar-refractivity contribution in [2.75, 3.05) is 7.05 Å². The van der Waals surface area contributed by atoms with Crippen molar-refractivity contribution in [2.45, 2.75) is 51.6 Å². The van der Waals surface area contributed by atoms with Gasteiger partial charge in [0, 0.05) is 7.05 Å². The van der Waals surface area contributed by atoms with E-state index in [-0.39, 0.29) is 12.1 Å². The molecule has 0 saturated carbocycles. The van der Waals surface area contributed by atoms with E-state index in [1.807, 2.05) is 30.3 Å². The van der Waals surface area contributed by atoms with Crippen molar-refractivity contribution in [1.82, 2.24) is 4.90 Å². The first kappa shape index (κ1) is 17.6. The normalized spacial score (nSPS) is 18.1. The first-order valence-electron chi connectivity index (χ1n) is 8.19. The standard InChI is InChI=1S/C18H27NO3Si/c1-19(18(20)21-14-15-10-6-5-7-11-15)16-12-8-9-13-17(16)22-23(2,3)4/h5-7,10-11,13,16H,8-9,12,14H2,1-4H3. The molecule has 1 aliphatic rings. The van der Waals surface area contributed by atoms with Crippen LogP contribution in [0.3, 0.4) is 0 Å². The molecule has 0 N–H and O–H groups in total. The second-order valence-corrected chi connectivity index (χ2v) is 11.3. The van der Waals surface area contributed by atoms with Gasteiger partial charge >= 0.3 is 6.09 Å². The molecule has 0 heterocycles. The third-order valence-corrected chi connectivity index (χ3v) is 4.59. The highest BCUT2D eigenvalue weighted by Gasteiger charge is 2.30. The third-order valence-electron chi connectivity index (χ3n) is 3.74. The lowest BCUT2D eigenvalue weighted by Crippen LogP contribution is -2.42. The SMILES string of the molecule is CN(C(=O)OCc1ccccc1)C1CCCC=C1O[Si](C)(C)C. The average molecular weight is 334 g/mol. The Hall–Kier alpha value is -1.75. The zero-order valence-electron chi connectivity index (χ0n) is 14.5. The molecule has 1 aromatic rings. The van der Waals surface area contributed by atoms with Gasteiger partial charge in [-0.2, -0.15) is 0 Å². The van der Waals surface area contributed by atoms with E-state index in [1.165, 1.54) is 0 Å². The fourth-order valence-electron chi connectivity index (χ4n) is 2.63. The van der Waals surface area contributed by atoms with Gasteiger partial charge in [-0.1, -0.05) is 30.3 Å². The Morgan fingerprint density at radius 1 is 1.26 bits per heavy atom. The maximum atomic E-state index is 12.4. The summed E-state index contributed by atoms with van der Waals surface area (Å²) in [5, 5.41) is 0. The number of likely N-dealkylation sites (N-methyl/N-ethyl adjacent to an activating group) is 1. The van der Waals surface area contributed by atoms with Crippen molar-refractivity contribution in [2.24, 2.45) is 0 Å². The molecular formula is C18H27NO3Si. The minimum atomic E-state index is -1.69. The van der Waals surface area contributed by atoms with Gasteiger partial charge in [0.05, 0.1) is 11.8 Å². The fraction of sp³-hybridized carbons (Fsp3) is 0.500. The van der Waals surface area contributed by atoms with E-state index in [4.69, 9.17) is 9.16 Å². The number of carbonyl (C=O) groups is 1. The average Bonchev–Trinajstić information content (AvgIpc) is 2.52. The number of rotatable bonds is 5. The van der Waals surface area contributed by atoms with Crippen molar-refractivity contribution in [1.29, 1.82) is 0 Å². The van der Waals surface area contributed by atoms with Gasteiger partial charge in [-0.15, -0.1) is 0 Å². The van der Waals surface area contributed by atoms with Crippen LogP contribution in [0.25, 0.3) is 0 Å². The topological polar surface area (TPSA) is 38.8 Å². The van der Waals surface area contributed by atoms with E-state index in [1.54, 1.807) is 11.9 Å². The van der Waals surface area contributed by atoms with Crippen molar-refractivity contribution in [3.63, 3.8) is 0 Å². The predicted molar refractivity (Wildman–Crippen MR) is 94.5 cm³/mol. The predicted octanol–water partition coefficient (Wildman–Crippen LogP) is 4.54. The van der Waals surface area contributed by atoms with E-state index in [0.717, 1.165) is 30.6 Å². The Balaban J connectivity index is 1.97. The Bertz CT molecular complexity index is 551. The van der Waals surface area contributed by atoms with Crippen molar-refractivity contribution < 1.29 is 14.0 Å². The van der Waals surface area contributed by atoms with Crippen LogP contribution >= 0.6 is 0 Å². The summed E-state index contributed by atoms with van der Waals surface area (Å²) < 4.78 is 11.6. The van der Waals surface area contributed by atoms with Gasteiger partial charge in [0.15, 0.2) is 0 Å². The van der Waals surface area contributed by atoms with Gasteiger partial charge in [-0.3, -0.25) is 0 Å². The third kappa shape index (κ3) is 5.43. The van der Waals surface area contributed by atoms with Crippen LogP contribution in [0, 0.1) is 0 Å².